The van der Waals surface area contributed by atoms with Crippen molar-refractivity contribution >= 4 is 44.8 Å². The molecule has 2 aromatic heterocycles. The molecule has 0 bridgehead atoms. The average molecular weight is 514 g/mol. The molecule has 0 saturated carbocycles. The topological polar surface area (TPSA) is 71.5 Å². The lowest BCUT2D eigenvalue weighted by Gasteiger charge is -2.30. The second-order valence-electron chi connectivity index (χ2n) is 10.2. The van der Waals surface area contributed by atoms with Gasteiger partial charge < -0.3 is 15.0 Å². The molecule has 3 heterocycles. The number of nitrogens with zero attached hydrogens (tertiary/aromatic N) is 2. The van der Waals surface area contributed by atoms with Gasteiger partial charge in [0, 0.05) is 47.3 Å². The van der Waals surface area contributed by atoms with Gasteiger partial charge in [-0.2, -0.15) is 0 Å². The minimum atomic E-state index is -0.528. The zero-order valence-electron chi connectivity index (χ0n) is 21.3. The van der Waals surface area contributed by atoms with Gasteiger partial charge in [0.2, 0.25) is 0 Å². The molecule has 1 aromatic carbocycles. The number of ether oxygens (including phenoxy) is 1. The van der Waals surface area contributed by atoms with Gasteiger partial charge in [0.15, 0.2) is 0 Å². The number of aromatic nitrogens is 1. The van der Waals surface area contributed by atoms with E-state index in [0.717, 1.165) is 43.4 Å². The molecule has 1 unspecified atom stereocenters. The van der Waals surface area contributed by atoms with Crippen molar-refractivity contribution in [3.05, 3.63) is 39.6 Å². The molecule has 35 heavy (non-hydrogen) atoms. The fourth-order valence-electron chi connectivity index (χ4n) is 4.16. The number of Topliss-reactive ketones (excluding diaryl/α,β-unsaturated/α-hetero) is 1. The number of fused-ring (bicyclic) bond motifs is 2. The highest BCUT2D eigenvalue weighted by Crippen LogP contribution is 2.43. The maximum Gasteiger partial charge on any atom is 0.410 e. The standard InChI is InChI=1S/C27H35N3O3S2/c1-6-17(2)28-13-11-18(31)15-22-24(25-29-20-9-7-8-10-21(20)35-25)19-12-14-30(16-23(19)34-22)26(32)33-27(3,4)5/h7-10,17,28H,6,11-16H2,1-5H3. The largest absolute Gasteiger partial charge is 0.444 e. The van der Waals surface area contributed by atoms with Crippen LogP contribution in [0, 0.1) is 0 Å². The van der Waals surface area contributed by atoms with Crippen molar-refractivity contribution in [2.45, 2.75) is 78.5 Å². The molecule has 0 spiro atoms. The highest BCUT2D eigenvalue weighted by molar-refractivity contribution is 7.22. The first-order valence-electron chi connectivity index (χ1n) is 12.4. The van der Waals surface area contributed by atoms with Gasteiger partial charge in [-0.1, -0.05) is 19.1 Å². The van der Waals surface area contributed by atoms with Crippen LogP contribution in [0.25, 0.3) is 20.8 Å². The van der Waals surface area contributed by atoms with E-state index in [0.29, 0.717) is 38.5 Å². The van der Waals surface area contributed by atoms with Crippen LogP contribution in [0.2, 0.25) is 0 Å². The maximum atomic E-state index is 12.9. The number of carbonyl (C=O) groups is 2. The smallest absolute Gasteiger partial charge is 0.410 e. The number of rotatable bonds is 8. The van der Waals surface area contributed by atoms with E-state index in [9.17, 15) is 9.59 Å². The Morgan fingerprint density at radius 3 is 2.71 bits per heavy atom. The lowest BCUT2D eigenvalue weighted by atomic mass is 10.00. The SMILES string of the molecule is CCC(C)NCCC(=O)Cc1sc2c(c1-c1nc3ccccc3s1)CCN(C(=O)OC(C)(C)C)C2. The first-order chi connectivity index (χ1) is 16.6. The Bertz CT molecular complexity index is 1180. The molecule has 1 amide bonds. The van der Waals surface area contributed by atoms with Crippen molar-refractivity contribution in [2.75, 3.05) is 13.1 Å². The monoisotopic (exact) mass is 513 g/mol. The highest BCUT2D eigenvalue weighted by Gasteiger charge is 2.31. The van der Waals surface area contributed by atoms with E-state index >= 15 is 0 Å². The normalized spacial score (nSPS) is 14.7. The number of hydrogen-bond acceptors (Lipinski definition) is 7. The van der Waals surface area contributed by atoms with Crippen LogP contribution in [0.15, 0.2) is 24.3 Å². The van der Waals surface area contributed by atoms with Gasteiger partial charge in [0.05, 0.1) is 16.8 Å². The molecule has 1 aliphatic heterocycles. The molecule has 1 atom stereocenters. The van der Waals surface area contributed by atoms with Gasteiger partial charge >= 0.3 is 6.09 Å². The molecule has 0 radical (unpaired) electrons. The molecule has 3 aromatic rings. The second-order valence-corrected chi connectivity index (χ2v) is 12.4. The van der Waals surface area contributed by atoms with Crippen LogP contribution in [-0.2, 0) is 28.9 Å². The Morgan fingerprint density at radius 2 is 2.00 bits per heavy atom. The van der Waals surface area contributed by atoms with Crippen LogP contribution >= 0.6 is 22.7 Å². The predicted molar refractivity (Wildman–Crippen MR) is 144 cm³/mol. The van der Waals surface area contributed by atoms with Crippen molar-refractivity contribution in [3.8, 4) is 10.6 Å². The van der Waals surface area contributed by atoms with Gasteiger partial charge in [-0.15, -0.1) is 22.7 Å². The summed E-state index contributed by atoms with van der Waals surface area (Å²) < 4.78 is 6.75. The first kappa shape index (κ1) is 25.8. The van der Waals surface area contributed by atoms with E-state index in [1.54, 1.807) is 27.6 Å². The molecule has 0 saturated heterocycles. The van der Waals surface area contributed by atoms with Crippen molar-refractivity contribution in [1.29, 1.82) is 0 Å². The number of thiazole rings is 1. The third-order valence-electron chi connectivity index (χ3n) is 6.16. The Kier molecular flexibility index (Phi) is 7.93. The average Bonchev–Trinajstić information content (AvgIpc) is 3.37. The number of nitrogens with one attached hydrogen (secondary N) is 1. The number of para-hydroxylation sites is 1. The van der Waals surface area contributed by atoms with E-state index < -0.39 is 5.60 Å². The fraction of sp³-hybridized carbons (Fsp3) is 0.519. The fourth-order valence-corrected chi connectivity index (χ4v) is 6.69. The summed E-state index contributed by atoms with van der Waals surface area (Å²) in [6.07, 6.45) is 2.40. The van der Waals surface area contributed by atoms with Crippen LogP contribution in [-0.4, -0.2) is 46.5 Å². The van der Waals surface area contributed by atoms with Crippen molar-refractivity contribution in [3.63, 3.8) is 0 Å². The number of benzene rings is 1. The van der Waals surface area contributed by atoms with E-state index in [2.05, 4.69) is 25.2 Å². The summed E-state index contributed by atoms with van der Waals surface area (Å²) in [5.41, 5.74) is 2.79. The molecule has 0 fully saturated rings. The summed E-state index contributed by atoms with van der Waals surface area (Å²) in [6, 6.07) is 8.56. The summed E-state index contributed by atoms with van der Waals surface area (Å²) >= 11 is 3.33. The second kappa shape index (κ2) is 10.8. The summed E-state index contributed by atoms with van der Waals surface area (Å²) in [4.78, 5) is 34.6. The Hall–Kier alpha value is -2.29. The third-order valence-corrected chi connectivity index (χ3v) is 8.43. The van der Waals surface area contributed by atoms with Crippen molar-refractivity contribution in [2.24, 2.45) is 0 Å². The van der Waals surface area contributed by atoms with Crippen LogP contribution in [0.3, 0.4) is 0 Å². The van der Waals surface area contributed by atoms with E-state index in [4.69, 9.17) is 9.72 Å². The summed E-state index contributed by atoms with van der Waals surface area (Å²) in [7, 11) is 0. The number of ketones is 1. The van der Waals surface area contributed by atoms with Crippen molar-refractivity contribution in [1.82, 2.24) is 15.2 Å². The number of thiophene rings is 1. The molecule has 0 aliphatic carbocycles. The lowest BCUT2D eigenvalue weighted by molar-refractivity contribution is -0.118. The summed E-state index contributed by atoms with van der Waals surface area (Å²) in [6.45, 7) is 11.7. The molecule has 6 nitrogen and oxygen atoms in total. The van der Waals surface area contributed by atoms with Gasteiger partial charge in [-0.05, 0) is 58.2 Å². The van der Waals surface area contributed by atoms with Crippen LogP contribution in [0.5, 0.6) is 0 Å². The van der Waals surface area contributed by atoms with Crippen LogP contribution < -0.4 is 5.32 Å². The molecule has 1 aliphatic rings. The maximum absolute atomic E-state index is 12.9. The third kappa shape index (κ3) is 6.29. The van der Waals surface area contributed by atoms with Gasteiger partial charge in [-0.3, -0.25) is 4.79 Å². The summed E-state index contributed by atoms with van der Waals surface area (Å²) in [5.74, 6) is 0.228. The van der Waals surface area contributed by atoms with Crippen molar-refractivity contribution < 1.29 is 14.3 Å². The molecule has 188 valence electrons. The summed E-state index contributed by atoms with van der Waals surface area (Å²) in [5, 5.41) is 4.38. The minimum absolute atomic E-state index is 0.228. The van der Waals surface area contributed by atoms with Crippen LogP contribution in [0.4, 0.5) is 4.79 Å². The van der Waals surface area contributed by atoms with E-state index in [-0.39, 0.29) is 11.9 Å². The lowest BCUT2D eigenvalue weighted by Crippen LogP contribution is -2.39. The van der Waals surface area contributed by atoms with Gasteiger partial charge in [0.25, 0.3) is 0 Å². The Balaban J connectivity index is 1.61. The molecular formula is C27H35N3O3S2. The first-order valence-corrected chi connectivity index (χ1v) is 14.0. The number of hydrogen-bond donors (Lipinski definition) is 1. The molecule has 4 rings (SSSR count). The highest BCUT2D eigenvalue weighted by atomic mass is 32.1. The molecule has 1 N–H and O–H groups in total. The quantitative estimate of drug-likeness (QED) is 0.388. The molecule has 8 heteroatoms. The Morgan fingerprint density at radius 1 is 1.23 bits per heavy atom. The minimum Gasteiger partial charge on any atom is -0.444 e. The van der Waals surface area contributed by atoms with E-state index in [1.807, 2.05) is 39.0 Å². The van der Waals surface area contributed by atoms with Gasteiger partial charge in [-0.25, -0.2) is 9.78 Å². The van der Waals surface area contributed by atoms with E-state index in [1.165, 1.54) is 5.56 Å². The number of amides is 1. The zero-order chi connectivity index (χ0) is 25.2. The Labute approximate surface area is 215 Å². The zero-order valence-corrected chi connectivity index (χ0v) is 22.9. The predicted octanol–water partition coefficient (Wildman–Crippen LogP) is 6.21. The van der Waals surface area contributed by atoms with Gasteiger partial charge in [0.1, 0.15) is 16.4 Å². The van der Waals surface area contributed by atoms with Crippen LogP contribution in [0.1, 0.15) is 62.8 Å². The number of carbonyl (C=O) groups excluding carboxylic acids is 2. The molecular weight excluding hydrogens is 478 g/mol.